The van der Waals surface area contributed by atoms with Crippen LogP contribution in [0.4, 0.5) is 5.69 Å². The van der Waals surface area contributed by atoms with E-state index in [1.54, 1.807) is 36.4 Å². The molecule has 0 bridgehead atoms. The molecular weight excluding hydrogens is 685 g/mol. The predicted molar refractivity (Wildman–Crippen MR) is 192 cm³/mol. The summed E-state index contributed by atoms with van der Waals surface area (Å²) in [6.07, 6.45) is 3.95. The Labute approximate surface area is 297 Å². The van der Waals surface area contributed by atoms with Gasteiger partial charge in [0.25, 0.3) is 10.0 Å². The number of halogens is 2. The van der Waals surface area contributed by atoms with E-state index in [0.29, 0.717) is 21.4 Å². The Bertz CT molecular complexity index is 1850. The normalized spacial score (nSPS) is 13.8. The topological polar surface area (TPSA) is 105 Å². The van der Waals surface area contributed by atoms with Crippen molar-refractivity contribution in [1.29, 1.82) is 0 Å². The molecule has 0 heterocycles. The molecule has 0 aliphatic heterocycles. The molecule has 0 saturated heterocycles. The van der Waals surface area contributed by atoms with Gasteiger partial charge in [0.15, 0.2) is 11.5 Å². The number of amides is 2. The highest BCUT2D eigenvalue weighted by Crippen LogP contribution is 2.33. The quantitative estimate of drug-likeness (QED) is 0.152. The van der Waals surface area contributed by atoms with Gasteiger partial charge in [0.05, 0.1) is 24.8 Å². The van der Waals surface area contributed by atoms with Crippen LogP contribution in [0.1, 0.15) is 36.8 Å². The fourth-order valence-electron chi connectivity index (χ4n) is 5.97. The lowest BCUT2D eigenvalue weighted by Gasteiger charge is -2.34. The molecule has 2 amide bonds. The molecule has 12 heteroatoms. The second kappa shape index (κ2) is 16.4. The van der Waals surface area contributed by atoms with Gasteiger partial charge < -0.3 is 19.7 Å². The summed E-state index contributed by atoms with van der Waals surface area (Å²) < 4.78 is 40.5. The van der Waals surface area contributed by atoms with Crippen molar-refractivity contribution in [2.24, 2.45) is 0 Å². The molecule has 9 nitrogen and oxygen atoms in total. The van der Waals surface area contributed by atoms with Crippen LogP contribution < -0.4 is 19.1 Å². The summed E-state index contributed by atoms with van der Waals surface area (Å²) in [6, 6.07) is 25.9. The Hall–Kier alpha value is -4.25. The van der Waals surface area contributed by atoms with Gasteiger partial charge >= 0.3 is 0 Å². The van der Waals surface area contributed by atoms with E-state index in [0.717, 1.165) is 35.6 Å². The first-order valence-corrected chi connectivity index (χ1v) is 18.2. The molecule has 4 aromatic carbocycles. The molecule has 1 saturated carbocycles. The number of ether oxygens (including phenoxy) is 2. The first-order valence-electron chi connectivity index (χ1n) is 16.0. The lowest BCUT2D eigenvalue weighted by molar-refractivity contribution is -0.140. The molecule has 1 N–H and O–H groups in total. The van der Waals surface area contributed by atoms with Crippen LogP contribution >= 0.6 is 23.2 Å². The van der Waals surface area contributed by atoms with Crippen molar-refractivity contribution in [1.82, 2.24) is 10.2 Å². The van der Waals surface area contributed by atoms with Crippen LogP contribution in [-0.2, 0) is 32.6 Å². The third-order valence-corrected chi connectivity index (χ3v) is 11.0. The number of nitrogens with zero attached hydrogens (tertiary/aromatic N) is 2. The monoisotopic (exact) mass is 723 g/mol. The summed E-state index contributed by atoms with van der Waals surface area (Å²) in [4.78, 5) is 30.2. The van der Waals surface area contributed by atoms with Gasteiger partial charge in [-0.05, 0) is 66.4 Å². The summed E-state index contributed by atoms with van der Waals surface area (Å²) in [6.45, 7) is -0.649. The first-order chi connectivity index (χ1) is 23.6. The molecule has 0 radical (unpaired) electrons. The number of nitrogens with one attached hydrogen (secondary N) is 1. The van der Waals surface area contributed by atoms with Gasteiger partial charge in [0.2, 0.25) is 11.8 Å². The van der Waals surface area contributed by atoms with Gasteiger partial charge in [0.1, 0.15) is 12.6 Å². The van der Waals surface area contributed by atoms with Crippen molar-refractivity contribution >= 4 is 50.7 Å². The van der Waals surface area contributed by atoms with Crippen molar-refractivity contribution in [3.8, 4) is 11.5 Å². The van der Waals surface area contributed by atoms with Gasteiger partial charge in [0, 0.05) is 35.1 Å². The minimum absolute atomic E-state index is 0.000894. The summed E-state index contributed by atoms with van der Waals surface area (Å²) in [5.74, 6) is -0.352. The van der Waals surface area contributed by atoms with Crippen molar-refractivity contribution < 1.29 is 27.5 Å². The fourth-order valence-corrected chi connectivity index (χ4v) is 7.72. The van der Waals surface area contributed by atoms with Crippen molar-refractivity contribution in [3.63, 3.8) is 0 Å². The average Bonchev–Trinajstić information content (AvgIpc) is 3.63. The molecule has 1 fully saturated rings. The molecule has 1 aliphatic rings. The largest absolute Gasteiger partial charge is 0.493 e. The zero-order valence-corrected chi connectivity index (χ0v) is 29.7. The summed E-state index contributed by atoms with van der Waals surface area (Å²) in [5, 5.41) is 3.98. The van der Waals surface area contributed by atoms with E-state index >= 15 is 0 Å². The Balaban J connectivity index is 1.59. The zero-order valence-electron chi connectivity index (χ0n) is 27.4. The number of hydrogen-bond donors (Lipinski definition) is 1. The van der Waals surface area contributed by atoms with Gasteiger partial charge in [-0.1, -0.05) is 84.6 Å². The van der Waals surface area contributed by atoms with Crippen LogP contribution in [0.5, 0.6) is 11.5 Å². The molecule has 0 spiro atoms. The zero-order chi connectivity index (χ0) is 35.0. The van der Waals surface area contributed by atoms with Gasteiger partial charge in [-0.3, -0.25) is 13.9 Å². The van der Waals surface area contributed by atoms with Crippen LogP contribution in [0.15, 0.2) is 102 Å². The molecule has 0 unspecified atom stereocenters. The smallest absolute Gasteiger partial charge is 0.264 e. The van der Waals surface area contributed by atoms with E-state index in [2.05, 4.69) is 5.32 Å². The van der Waals surface area contributed by atoms with E-state index in [-0.39, 0.29) is 41.2 Å². The summed E-state index contributed by atoms with van der Waals surface area (Å²) in [7, 11) is -1.52. The molecule has 4 aromatic rings. The van der Waals surface area contributed by atoms with Crippen molar-refractivity contribution in [2.75, 3.05) is 25.1 Å². The number of rotatable bonds is 14. The molecule has 1 aliphatic carbocycles. The average molecular weight is 725 g/mol. The third kappa shape index (κ3) is 8.86. The second-order valence-corrected chi connectivity index (χ2v) is 14.5. The third-order valence-electron chi connectivity index (χ3n) is 8.61. The number of sulfonamides is 1. The number of anilines is 1. The van der Waals surface area contributed by atoms with Gasteiger partial charge in [-0.2, -0.15) is 0 Å². The molecule has 49 heavy (non-hydrogen) atoms. The van der Waals surface area contributed by atoms with Crippen LogP contribution in [-0.4, -0.2) is 58.0 Å². The summed E-state index contributed by atoms with van der Waals surface area (Å²) in [5.41, 5.74) is 1.67. The Morgan fingerprint density at radius 1 is 0.857 bits per heavy atom. The van der Waals surface area contributed by atoms with Crippen LogP contribution in [0.2, 0.25) is 10.0 Å². The van der Waals surface area contributed by atoms with E-state index in [9.17, 15) is 18.0 Å². The molecule has 258 valence electrons. The maximum absolute atomic E-state index is 14.7. The molecular formula is C37H39Cl2N3O6S. The maximum Gasteiger partial charge on any atom is 0.264 e. The van der Waals surface area contributed by atoms with E-state index in [4.69, 9.17) is 32.7 Å². The standard InChI is InChI=1S/C37H39Cl2N3O6S/c1-47-34-21-20-31(23-35(34)48-2)49(45,46)42(30-18-16-28(38)17-19-30)25-36(43)41(24-27-12-6-9-15-32(27)39)33(22-26-10-4-3-5-11-26)37(44)40-29-13-7-8-14-29/h3-6,9-12,15-21,23,29,33H,7-8,13-14,22,24-25H2,1-2H3,(H,40,44)/t33-/m1/s1. The van der Waals surface area contributed by atoms with E-state index in [1.807, 2.05) is 30.3 Å². The number of hydrogen-bond acceptors (Lipinski definition) is 6. The Kier molecular flexibility index (Phi) is 12.1. The van der Waals surface area contributed by atoms with Gasteiger partial charge in [-0.25, -0.2) is 8.42 Å². The number of carbonyl (C=O) groups is 2. The number of carbonyl (C=O) groups excluding carboxylic acids is 2. The van der Waals surface area contributed by atoms with Crippen LogP contribution in [0.25, 0.3) is 0 Å². The lowest BCUT2D eigenvalue weighted by atomic mass is 10.0. The predicted octanol–water partition coefficient (Wildman–Crippen LogP) is 6.90. The highest BCUT2D eigenvalue weighted by Gasteiger charge is 2.36. The number of methoxy groups -OCH3 is 2. The highest BCUT2D eigenvalue weighted by molar-refractivity contribution is 7.92. The number of benzene rings is 4. The van der Waals surface area contributed by atoms with Gasteiger partial charge in [-0.15, -0.1) is 0 Å². The lowest BCUT2D eigenvalue weighted by Crippen LogP contribution is -2.54. The molecule has 1 atom stereocenters. The summed E-state index contributed by atoms with van der Waals surface area (Å²) >= 11 is 12.8. The molecule has 0 aromatic heterocycles. The molecule has 5 rings (SSSR count). The highest BCUT2D eigenvalue weighted by atomic mass is 35.5. The first kappa shape index (κ1) is 36.0. The van der Waals surface area contributed by atoms with Crippen LogP contribution in [0.3, 0.4) is 0 Å². The fraction of sp³-hybridized carbons (Fsp3) is 0.297. The van der Waals surface area contributed by atoms with E-state index < -0.39 is 28.5 Å². The van der Waals surface area contributed by atoms with Crippen molar-refractivity contribution in [2.45, 2.75) is 55.6 Å². The SMILES string of the molecule is COc1ccc(S(=O)(=O)N(CC(=O)N(Cc2ccccc2Cl)[C@H](Cc2ccccc2)C(=O)NC2CCCC2)c2ccc(Cl)cc2)cc1OC. The minimum atomic E-state index is -4.38. The van der Waals surface area contributed by atoms with E-state index in [1.165, 1.54) is 49.5 Å². The second-order valence-electron chi connectivity index (χ2n) is 11.8. The Morgan fingerprint density at radius 3 is 2.16 bits per heavy atom. The maximum atomic E-state index is 14.7. The van der Waals surface area contributed by atoms with Crippen LogP contribution in [0, 0.1) is 0 Å². The Morgan fingerprint density at radius 2 is 1.51 bits per heavy atom. The minimum Gasteiger partial charge on any atom is -0.493 e. The van der Waals surface area contributed by atoms with Crippen molar-refractivity contribution in [3.05, 3.63) is 118 Å².